The van der Waals surface area contributed by atoms with Gasteiger partial charge in [-0.3, -0.25) is 28.7 Å². The molecule has 52 heavy (non-hydrogen) atoms. The third-order valence-electron chi connectivity index (χ3n) is 10.4. The first kappa shape index (κ1) is 33.9. The minimum absolute atomic E-state index is 0.0588. The maximum atomic E-state index is 14.4. The molecule has 4 aliphatic rings. The zero-order valence-corrected chi connectivity index (χ0v) is 29.7. The molecule has 8 rings (SSSR count). The summed E-state index contributed by atoms with van der Waals surface area (Å²) in [6.07, 6.45) is 7.40. The van der Waals surface area contributed by atoms with Gasteiger partial charge in [0, 0.05) is 35.1 Å². The van der Waals surface area contributed by atoms with Crippen molar-refractivity contribution < 1.29 is 19.2 Å². The number of pyridine rings is 1. The number of halogens is 2. The molecule has 3 fully saturated rings. The number of hydrogen-bond acceptors (Lipinski definition) is 7. The molecule has 264 valence electrons. The fourth-order valence-corrected chi connectivity index (χ4v) is 7.49. The fraction of sp³-hybridized carbons (Fsp3) is 0.342. The maximum Gasteiger partial charge on any atom is 0.270 e. The summed E-state index contributed by atoms with van der Waals surface area (Å²) in [6.45, 7) is 2.12. The molecular formula is C38H34Cl2N8O4. The second kappa shape index (κ2) is 12.5. The van der Waals surface area contributed by atoms with Gasteiger partial charge in [-0.05, 0) is 99.0 Å². The van der Waals surface area contributed by atoms with E-state index < -0.39 is 22.5 Å². The summed E-state index contributed by atoms with van der Waals surface area (Å²) >= 11 is 12.7. The average Bonchev–Trinajstić information content (AvgIpc) is 4.04. The highest BCUT2D eigenvalue weighted by atomic mass is 35.5. The minimum atomic E-state index is -1.33. The summed E-state index contributed by atoms with van der Waals surface area (Å²) in [5.41, 5.74) is 0.237. The normalized spacial score (nSPS) is 20.4. The molecule has 4 amide bonds. The van der Waals surface area contributed by atoms with E-state index >= 15 is 0 Å². The zero-order chi connectivity index (χ0) is 36.4. The summed E-state index contributed by atoms with van der Waals surface area (Å²) in [7, 11) is 0. The molecule has 2 aromatic heterocycles. The molecule has 0 saturated heterocycles. The predicted molar refractivity (Wildman–Crippen MR) is 192 cm³/mol. The van der Waals surface area contributed by atoms with Gasteiger partial charge in [0.25, 0.3) is 11.8 Å². The number of nitrogens with one attached hydrogen (secondary N) is 3. The Kier molecular flexibility index (Phi) is 8.12. The van der Waals surface area contributed by atoms with E-state index in [1.165, 1.54) is 11.1 Å². The molecular weight excluding hydrogens is 703 g/mol. The molecule has 0 unspecified atom stereocenters. The van der Waals surface area contributed by atoms with Crippen molar-refractivity contribution in [3.05, 3.63) is 105 Å². The lowest BCUT2D eigenvalue weighted by molar-refractivity contribution is -0.125. The highest BCUT2D eigenvalue weighted by Gasteiger charge is 2.57. The smallest absolute Gasteiger partial charge is 0.270 e. The Hall–Kier alpha value is -5.25. The highest BCUT2D eigenvalue weighted by Crippen LogP contribution is 2.48. The molecule has 1 aliphatic heterocycles. The average molecular weight is 738 g/mol. The zero-order valence-electron chi connectivity index (χ0n) is 28.2. The molecule has 14 heteroatoms. The third kappa shape index (κ3) is 6.07. The number of aromatic nitrogens is 3. The van der Waals surface area contributed by atoms with Gasteiger partial charge >= 0.3 is 0 Å². The molecule has 3 N–H and O–H groups in total. The number of carbonyl (C=O) groups is 4. The van der Waals surface area contributed by atoms with Gasteiger partial charge in [-0.2, -0.15) is 5.26 Å². The number of amides is 4. The van der Waals surface area contributed by atoms with Crippen molar-refractivity contribution in [1.29, 1.82) is 5.26 Å². The third-order valence-corrected chi connectivity index (χ3v) is 10.9. The molecule has 1 atom stereocenters. The van der Waals surface area contributed by atoms with Crippen LogP contribution >= 0.6 is 23.2 Å². The molecule has 3 saturated carbocycles. The standard InChI is InChI=1S/C38H34Cl2N8O4/c1-36(18-22-2-4-23(19-41)5-3-22)34(52)47(28-16-26(39)15-27(40)17-28)35-44-21-29(48(35)36)32(50)45-38(11-12-38)33(51)46-37(9-10-37)30-14-24(8-13-42-30)20-43-31(49)25-6-7-25/h2-5,8,13-17,21,25H,6-7,9-12,18,20H2,1H3,(H,43,49)(H,45,50)(H,46,51)/t36-/m1/s1. The Morgan fingerprint density at radius 3 is 2.29 bits per heavy atom. The SMILES string of the molecule is C[C@@]1(Cc2ccc(C#N)cc2)C(=O)N(c2cc(Cl)cc(Cl)c2)c2ncc(C(=O)NC3(C(=O)NC4(c5cc(CNC(=O)C6CC6)ccn5)CC4)CC3)n21. The number of hydrogen-bond donors (Lipinski definition) is 3. The summed E-state index contributed by atoms with van der Waals surface area (Å²) in [5, 5.41) is 19.1. The number of imidazole rings is 1. The summed E-state index contributed by atoms with van der Waals surface area (Å²) in [6, 6.07) is 17.5. The lowest BCUT2D eigenvalue weighted by atomic mass is 9.91. The summed E-state index contributed by atoms with van der Waals surface area (Å²) in [5.74, 6) is -0.836. The van der Waals surface area contributed by atoms with Gasteiger partial charge in [-0.25, -0.2) is 9.88 Å². The predicted octanol–water partition coefficient (Wildman–Crippen LogP) is 5.19. The first-order valence-electron chi connectivity index (χ1n) is 17.2. The Morgan fingerprint density at radius 1 is 0.942 bits per heavy atom. The van der Waals surface area contributed by atoms with Crippen molar-refractivity contribution in [3.63, 3.8) is 0 Å². The van der Waals surface area contributed by atoms with Crippen molar-refractivity contribution in [2.75, 3.05) is 4.90 Å². The number of anilines is 2. The monoisotopic (exact) mass is 736 g/mol. The van der Waals surface area contributed by atoms with E-state index in [1.54, 1.807) is 60.2 Å². The van der Waals surface area contributed by atoms with Crippen LogP contribution in [0, 0.1) is 17.2 Å². The number of rotatable bonds is 11. The largest absolute Gasteiger partial charge is 0.352 e. The Bertz CT molecular complexity index is 2180. The summed E-state index contributed by atoms with van der Waals surface area (Å²) < 4.78 is 1.60. The van der Waals surface area contributed by atoms with Crippen molar-refractivity contribution in [2.45, 2.75) is 75.0 Å². The number of carbonyl (C=O) groups excluding carboxylic acids is 4. The van der Waals surface area contributed by atoms with Crippen LogP contribution in [0.5, 0.6) is 0 Å². The summed E-state index contributed by atoms with van der Waals surface area (Å²) in [4.78, 5) is 65.2. The molecule has 3 heterocycles. The van der Waals surface area contributed by atoms with Gasteiger partial charge in [0.15, 0.2) is 0 Å². The van der Waals surface area contributed by atoms with Crippen LogP contribution in [0.4, 0.5) is 11.6 Å². The second-order valence-corrected chi connectivity index (χ2v) is 15.3. The van der Waals surface area contributed by atoms with E-state index in [0.717, 1.165) is 24.0 Å². The van der Waals surface area contributed by atoms with Crippen molar-refractivity contribution >= 4 is 58.5 Å². The second-order valence-electron chi connectivity index (χ2n) is 14.4. The Morgan fingerprint density at radius 2 is 1.65 bits per heavy atom. The molecule has 4 aromatic rings. The lowest BCUT2D eigenvalue weighted by Gasteiger charge is -2.27. The van der Waals surface area contributed by atoms with Gasteiger partial charge in [0.05, 0.1) is 34.7 Å². The van der Waals surface area contributed by atoms with Crippen LogP contribution in [0.3, 0.4) is 0 Å². The van der Waals surface area contributed by atoms with Crippen LogP contribution in [-0.2, 0) is 38.4 Å². The van der Waals surface area contributed by atoms with Crippen LogP contribution in [-0.4, -0.2) is 43.7 Å². The van der Waals surface area contributed by atoms with Crippen molar-refractivity contribution in [2.24, 2.45) is 5.92 Å². The Labute approximate surface area is 309 Å². The number of nitrogens with zero attached hydrogens (tertiary/aromatic N) is 5. The molecule has 0 spiro atoms. The van der Waals surface area contributed by atoms with Crippen LogP contribution < -0.4 is 20.9 Å². The molecule has 0 bridgehead atoms. The topological polar surface area (TPSA) is 162 Å². The van der Waals surface area contributed by atoms with E-state index in [2.05, 4.69) is 32.0 Å². The molecule has 3 aliphatic carbocycles. The van der Waals surface area contributed by atoms with Gasteiger partial charge in [-0.1, -0.05) is 35.3 Å². The van der Waals surface area contributed by atoms with Crippen LogP contribution in [0.25, 0.3) is 0 Å². The highest BCUT2D eigenvalue weighted by molar-refractivity contribution is 6.35. The van der Waals surface area contributed by atoms with Gasteiger partial charge in [0.1, 0.15) is 16.8 Å². The van der Waals surface area contributed by atoms with Crippen molar-refractivity contribution in [1.82, 2.24) is 30.5 Å². The molecule has 2 aromatic carbocycles. The van der Waals surface area contributed by atoms with Crippen LogP contribution in [0.2, 0.25) is 10.0 Å². The number of fused-ring (bicyclic) bond motifs is 1. The van der Waals surface area contributed by atoms with Crippen molar-refractivity contribution in [3.8, 4) is 6.07 Å². The molecule has 12 nitrogen and oxygen atoms in total. The van der Waals surface area contributed by atoms with Gasteiger partial charge < -0.3 is 16.0 Å². The van der Waals surface area contributed by atoms with E-state index in [-0.39, 0.29) is 41.7 Å². The Balaban J connectivity index is 1.05. The maximum absolute atomic E-state index is 14.4. The lowest BCUT2D eigenvalue weighted by Crippen LogP contribution is -2.52. The van der Waals surface area contributed by atoms with Gasteiger partial charge in [-0.15, -0.1) is 0 Å². The first-order chi connectivity index (χ1) is 24.9. The van der Waals surface area contributed by atoms with Gasteiger partial charge in [0.2, 0.25) is 17.8 Å². The minimum Gasteiger partial charge on any atom is -0.352 e. The van der Waals surface area contributed by atoms with E-state index in [4.69, 9.17) is 23.2 Å². The van der Waals surface area contributed by atoms with Crippen LogP contribution in [0.1, 0.15) is 78.3 Å². The fourth-order valence-electron chi connectivity index (χ4n) is 6.97. The molecule has 0 radical (unpaired) electrons. The van der Waals surface area contributed by atoms with E-state index in [0.29, 0.717) is 59.2 Å². The van der Waals surface area contributed by atoms with E-state index in [1.807, 2.05) is 12.1 Å². The number of benzene rings is 2. The quantitative estimate of drug-likeness (QED) is 0.191. The van der Waals surface area contributed by atoms with E-state index in [9.17, 15) is 24.4 Å². The van der Waals surface area contributed by atoms with Crippen LogP contribution in [0.15, 0.2) is 67.0 Å². The first-order valence-corrected chi connectivity index (χ1v) is 18.0. The number of nitriles is 1.